The molecule has 0 bridgehead atoms. The van der Waals surface area contributed by atoms with Crippen LogP contribution in [0, 0.1) is 30.5 Å². The zero-order valence-corrected chi connectivity index (χ0v) is 16.1. The molecule has 0 spiro atoms. The molecule has 1 aliphatic carbocycles. The Morgan fingerprint density at radius 2 is 2.00 bits per heavy atom. The monoisotopic (exact) mass is 400 g/mol. The van der Waals surface area contributed by atoms with Crippen LogP contribution >= 0.6 is 0 Å². The lowest BCUT2D eigenvalue weighted by Gasteiger charge is -2.30. The maximum atomic E-state index is 13.2. The second kappa shape index (κ2) is 7.19. The highest BCUT2D eigenvalue weighted by Crippen LogP contribution is 2.37. The van der Waals surface area contributed by atoms with E-state index in [1.165, 1.54) is 0 Å². The summed E-state index contributed by atoms with van der Waals surface area (Å²) in [5.41, 5.74) is 2.27. The van der Waals surface area contributed by atoms with Crippen LogP contribution < -0.4 is 10.2 Å². The van der Waals surface area contributed by atoms with Crippen molar-refractivity contribution in [2.75, 3.05) is 10.2 Å². The first-order valence-corrected chi connectivity index (χ1v) is 9.55. The summed E-state index contributed by atoms with van der Waals surface area (Å²) in [5.74, 6) is 6.82. The van der Waals surface area contributed by atoms with E-state index in [-0.39, 0.29) is 17.9 Å². The van der Waals surface area contributed by atoms with Gasteiger partial charge in [0.05, 0.1) is 24.5 Å². The fourth-order valence-corrected chi connectivity index (χ4v) is 3.85. The van der Waals surface area contributed by atoms with Gasteiger partial charge in [0.25, 0.3) is 0 Å². The van der Waals surface area contributed by atoms with Gasteiger partial charge in [-0.2, -0.15) is 0 Å². The van der Waals surface area contributed by atoms with Gasteiger partial charge in [-0.3, -0.25) is 9.78 Å². The number of aromatic nitrogens is 4. The number of carbonyl (C=O) groups is 1. The largest absolute Gasteiger partial charge is 0.328 e. The van der Waals surface area contributed by atoms with Gasteiger partial charge in [0.1, 0.15) is 17.9 Å². The van der Waals surface area contributed by atoms with Crippen LogP contribution in [0.3, 0.4) is 0 Å². The van der Waals surface area contributed by atoms with Crippen molar-refractivity contribution in [3.8, 4) is 23.2 Å². The average Bonchev–Trinajstić information content (AvgIpc) is 3.01. The van der Waals surface area contributed by atoms with Crippen molar-refractivity contribution >= 4 is 17.4 Å². The quantitative estimate of drug-likeness (QED) is 0.678. The predicted octanol–water partition coefficient (Wildman–Crippen LogP) is 2.60. The molecule has 2 aromatic heterocycles. The standard InChI is InChI=1S/C22H17FN6O/c1-13-2-4-16(9-17(13)21-26-10-15(23)11-27-21)28-22(30)19-8-14-3-5-18(14)29(19)20-12-24-6-7-25-20/h2,4,6-7,9-12,14,18-19H,8H2,1H3,(H,28,30)/t14-,18-,19-/m0/s1. The van der Waals surface area contributed by atoms with Gasteiger partial charge in [0.15, 0.2) is 11.6 Å². The second-order valence-corrected chi connectivity index (χ2v) is 7.31. The molecule has 30 heavy (non-hydrogen) atoms. The number of aryl methyl sites for hydroxylation is 1. The van der Waals surface area contributed by atoms with Crippen molar-refractivity contribution in [3.63, 3.8) is 0 Å². The van der Waals surface area contributed by atoms with Gasteiger partial charge in [0, 0.05) is 23.6 Å². The van der Waals surface area contributed by atoms with Crippen molar-refractivity contribution in [2.24, 2.45) is 5.92 Å². The molecule has 0 radical (unpaired) electrons. The van der Waals surface area contributed by atoms with E-state index in [9.17, 15) is 9.18 Å². The number of hydrogen-bond donors (Lipinski definition) is 1. The second-order valence-electron chi connectivity index (χ2n) is 7.31. The summed E-state index contributed by atoms with van der Waals surface area (Å²) in [5, 5.41) is 2.99. The molecule has 5 rings (SSSR count). The Morgan fingerprint density at radius 1 is 1.17 bits per heavy atom. The molecule has 3 aromatic rings. The fraction of sp³-hybridized carbons (Fsp3) is 0.227. The number of amides is 1. The van der Waals surface area contributed by atoms with Crippen molar-refractivity contribution in [1.29, 1.82) is 0 Å². The first kappa shape index (κ1) is 18.2. The van der Waals surface area contributed by atoms with Crippen LogP contribution in [0.4, 0.5) is 15.9 Å². The Labute approximate surface area is 172 Å². The molecule has 7 nitrogen and oxygen atoms in total. The third kappa shape index (κ3) is 3.14. The normalized spacial score (nSPS) is 21.3. The Balaban J connectivity index is 1.40. The van der Waals surface area contributed by atoms with Crippen LogP contribution in [0.25, 0.3) is 11.4 Å². The summed E-state index contributed by atoms with van der Waals surface area (Å²) in [6.45, 7) is 1.91. The van der Waals surface area contributed by atoms with Crippen LogP contribution in [-0.4, -0.2) is 37.9 Å². The highest BCUT2D eigenvalue weighted by molar-refractivity contribution is 5.98. The molecule has 0 saturated carbocycles. The van der Waals surface area contributed by atoms with E-state index in [0.29, 0.717) is 23.8 Å². The molecule has 148 valence electrons. The van der Waals surface area contributed by atoms with Gasteiger partial charge >= 0.3 is 0 Å². The Bertz CT molecular complexity index is 1170. The molecule has 8 heteroatoms. The third-order valence-electron chi connectivity index (χ3n) is 5.39. The summed E-state index contributed by atoms with van der Waals surface area (Å²) in [6.07, 6.45) is 7.75. The Morgan fingerprint density at radius 3 is 2.70 bits per heavy atom. The van der Waals surface area contributed by atoms with Gasteiger partial charge in [-0.25, -0.2) is 19.3 Å². The van der Waals surface area contributed by atoms with Crippen molar-refractivity contribution in [1.82, 2.24) is 19.9 Å². The molecule has 3 heterocycles. The first-order chi connectivity index (χ1) is 14.6. The average molecular weight is 400 g/mol. The summed E-state index contributed by atoms with van der Waals surface area (Å²) in [7, 11) is 0. The number of anilines is 2. The van der Waals surface area contributed by atoms with Crippen LogP contribution in [-0.2, 0) is 4.79 Å². The maximum absolute atomic E-state index is 13.2. The van der Waals surface area contributed by atoms with Gasteiger partial charge in [-0.05, 0) is 31.0 Å². The molecule has 1 aromatic carbocycles. The fourth-order valence-electron chi connectivity index (χ4n) is 3.85. The molecule has 3 atom stereocenters. The van der Waals surface area contributed by atoms with Crippen LogP contribution in [0.15, 0.2) is 49.2 Å². The lowest BCUT2D eigenvalue weighted by molar-refractivity contribution is -0.117. The molecule has 2 aliphatic rings. The Hall–Kier alpha value is -3.86. The highest BCUT2D eigenvalue weighted by Gasteiger charge is 2.47. The van der Waals surface area contributed by atoms with Gasteiger partial charge in [-0.15, -0.1) is 0 Å². The Kier molecular flexibility index (Phi) is 4.36. The van der Waals surface area contributed by atoms with Crippen LogP contribution in [0.2, 0.25) is 0 Å². The smallest absolute Gasteiger partial charge is 0.247 e. The predicted molar refractivity (Wildman–Crippen MR) is 109 cm³/mol. The number of hydrogen-bond acceptors (Lipinski definition) is 6. The molecule has 1 aliphatic heterocycles. The number of benzene rings is 1. The highest BCUT2D eigenvalue weighted by atomic mass is 19.1. The zero-order chi connectivity index (χ0) is 20.7. The third-order valence-corrected chi connectivity index (χ3v) is 5.39. The number of carbonyl (C=O) groups excluding carboxylic acids is 1. The minimum Gasteiger partial charge on any atom is -0.328 e. The molecule has 1 fully saturated rings. The molecular weight excluding hydrogens is 383 g/mol. The minimum absolute atomic E-state index is 0.0151. The summed E-state index contributed by atoms with van der Waals surface area (Å²) >= 11 is 0. The van der Waals surface area contributed by atoms with E-state index in [1.54, 1.807) is 24.7 Å². The molecule has 0 unspecified atom stereocenters. The zero-order valence-electron chi connectivity index (χ0n) is 16.1. The summed E-state index contributed by atoms with van der Waals surface area (Å²) in [4.78, 5) is 31.7. The topological polar surface area (TPSA) is 83.9 Å². The van der Waals surface area contributed by atoms with E-state index in [4.69, 9.17) is 0 Å². The van der Waals surface area contributed by atoms with E-state index >= 15 is 0 Å². The maximum Gasteiger partial charge on any atom is 0.247 e. The van der Waals surface area contributed by atoms with E-state index < -0.39 is 11.9 Å². The van der Waals surface area contributed by atoms with Crippen molar-refractivity contribution in [2.45, 2.75) is 25.4 Å². The number of nitrogens with one attached hydrogen (secondary N) is 1. The van der Waals surface area contributed by atoms with E-state index in [2.05, 4.69) is 37.1 Å². The summed E-state index contributed by atoms with van der Waals surface area (Å²) in [6, 6.07) is 5.07. The van der Waals surface area contributed by atoms with E-state index in [0.717, 1.165) is 23.5 Å². The SMILES string of the molecule is Cc1ccc(NC(=O)[C@@H]2C[C@@H]3C#C[C@@H]3N2c2cnccn2)cc1-c1ncc(F)cn1. The van der Waals surface area contributed by atoms with E-state index in [1.807, 2.05) is 24.0 Å². The van der Waals surface area contributed by atoms with Crippen LogP contribution in [0.5, 0.6) is 0 Å². The lowest BCUT2D eigenvalue weighted by atomic mass is 9.92. The lowest BCUT2D eigenvalue weighted by Crippen LogP contribution is -2.45. The number of fused-ring (bicyclic) bond motifs is 1. The van der Waals surface area contributed by atoms with Gasteiger partial charge in [0.2, 0.25) is 5.91 Å². The molecular formula is C22H17FN6O. The molecule has 1 amide bonds. The molecule has 1 N–H and O–H groups in total. The van der Waals surface area contributed by atoms with Crippen LogP contribution in [0.1, 0.15) is 12.0 Å². The molecule has 1 saturated heterocycles. The summed E-state index contributed by atoms with van der Waals surface area (Å²) < 4.78 is 13.2. The van der Waals surface area contributed by atoms with Gasteiger partial charge in [-0.1, -0.05) is 17.9 Å². The first-order valence-electron chi connectivity index (χ1n) is 9.55. The van der Waals surface area contributed by atoms with Crippen molar-refractivity contribution in [3.05, 3.63) is 60.6 Å². The number of halogens is 1. The number of rotatable bonds is 4. The number of nitrogens with zero attached hydrogens (tertiary/aromatic N) is 5. The minimum atomic E-state index is -0.497. The van der Waals surface area contributed by atoms with Crippen molar-refractivity contribution < 1.29 is 9.18 Å². The van der Waals surface area contributed by atoms with Gasteiger partial charge < -0.3 is 10.2 Å².